The Morgan fingerprint density at radius 1 is 0.950 bits per heavy atom. The van der Waals surface area contributed by atoms with Crippen molar-refractivity contribution in [3.63, 3.8) is 0 Å². The van der Waals surface area contributed by atoms with Crippen LogP contribution in [0.3, 0.4) is 0 Å². The zero-order valence-electron chi connectivity index (χ0n) is 10.7. The van der Waals surface area contributed by atoms with Crippen molar-refractivity contribution in [3.05, 3.63) is 60.2 Å². The fraction of sp³-hybridized carbons (Fsp3) is 0.143. The first kappa shape index (κ1) is 13.7. The molecule has 2 rings (SSSR count). The fourth-order valence-corrected chi connectivity index (χ4v) is 1.54. The Morgan fingerprint density at radius 3 is 2.40 bits per heavy atom. The summed E-state index contributed by atoms with van der Waals surface area (Å²) >= 11 is 0. The Labute approximate surface area is 116 Å². The summed E-state index contributed by atoms with van der Waals surface area (Å²) in [6.45, 7) is 0.674. The van der Waals surface area contributed by atoms with Gasteiger partial charge in [-0.2, -0.15) is 0 Å². The summed E-state index contributed by atoms with van der Waals surface area (Å²) in [6, 6.07) is 8.48. The second-order valence-electron chi connectivity index (χ2n) is 3.97. The highest BCUT2D eigenvalue weighted by atomic mass is 16.2. The van der Waals surface area contributed by atoms with E-state index in [4.69, 9.17) is 0 Å². The quantitative estimate of drug-likeness (QED) is 0.781. The lowest BCUT2D eigenvalue weighted by Crippen LogP contribution is -2.35. The maximum Gasteiger partial charge on any atom is 0.269 e. The second kappa shape index (κ2) is 6.98. The number of rotatable bonds is 5. The molecule has 0 aliphatic rings. The Morgan fingerprint density at radius 2 is 1.75 bits per heavy atom. The van der Waals surface area contributed by atoms with Crippen LogP contribution in [0.1, 0.15) is 20.8 Å². The van der Waals surface area contributed by atoms with Gasteiger partial charge in [0.2, 0.25) is 0 Å². The summed E-state index contributed by atoms with van der Waals surface area (Å²) < 4.78 is 0. The van der Waals surface area contributed by atoms with Gasteiger partial charge in [0.15, 0.2) is 0 Å². The van der Waals surface area contributed by atoms with Crippen molar-refractivity contribution in [1.82, 2.24) is 20.6 Å². The van der Waals surface area contributed by atoms with E-state index in [-0.39, 0.29) is 11.8 Å². The van der Waals surface area contributed by atoms with Crippen LogP contribution in [0.5, 0.6) is 0 Å². The minimum Gasteiger partial charge on any atom is -0.350 e. The molecule has 0 unspecified atom stereocenters. The number of nitrogens with one attached hydrogen (secondary N) is 2. The van der Waals surface area contributed by atoms with Gasteiger partial charge in [0.1, 0.15) is 5.69 Å². The summed E-state index contributed by atoms with van der Waals surface area (Å²) in [5, 5.41) is 5.37. The van der Waals surface area contributed by atoms with E-state index in [1.165, 1.54) is 6.20 Å². The Kier molecular flexibility index (Phi) is 4.77. The van der Waals surface area contributed by atoms with Gasteiger partial charge in [0.05, 0.1) is 5.56 Å². The smallest absolute Gasteiger partial charge is 0.269 e. The number of amides is 2. The number of pyridine rings is 2. The molecular formula is C14H14N4O2. The van der Waals surface area contributed by atoms with E-state index < -0.39 is 0 Å². The summed E-state index contributed by atoms with van der Waals surface area (Å²) in [5.41, 5.74) is 0.842. The summed E-state index contributed by atoms with van der Waals surface area (Å²) in [7, 11) is 0. The molecule has 6 heteroatoms. The van der Waals surface area contributed by atoms with Crippen molar-refractivity contribution < 1.29 is 9.59 Å². The topological polar surface area (TPSA) is 84.0 Å². The highest BCUT2D eigenvalue weighted by Crippen LogP contribution is 1.94. The SMILES string of the molecule is O=C(NCCNC(=O)c1ccccn1)c1cccnc1. The van der Waals surface area contributed by atoms with Crippen LogP contribution in [0.25, 0.3) is 0 Å². The zero-order chi connectivity index (χ0) is 14.2. The molecule has 0 saturated carbocycles. The molecule has 0 saturated heterocycles. The van der Waals surface area contributed by atoms with Crippen LogP contribution >= 0.6 is 0 Å². The normalized spacial score (nSPS) is 9.80. The molecule has 20 heavy (non-hydrogen) atoms. The van der Waals surface area contributed by atoms with E-state index >= 15 is 0 Å². The molecule has 0 bridgehead atoms. The van der Waals surface area contributed by atoms with Crippen LogP contribution in [0.4, 0.5) is 0 Å². The molecule has 0 aliphatic carbocycles. The monoisotopic (exact) mass is 270 g/mol. The van der Waals surface area contributed by atoms with E-state index in [1.54, 1.807) is 42.7 Å². The molecule has 0 radical (unpaired) electrons. The van der Waals surface area contributed by atoms with Crippen molar-refractivity contribution in [1.29, 1.82) is 0 Å². The highest BCUT2D eigenvalue weighted by molar-refractivity contribution is 5.94. The van der Waals surface area contributed by atoms with Crippen molar-refractivity contribution in [3.8, 4) is 0 Å². The highest BCUT2D eigenvalue weighted by Gasteiger charge is 2.06. The predicted molar refractivity (Wildman–Crippen MR) is 73.1 cm³/mol. The second-order valence-corrected chi connectivity index (χ2v) is 3.97. The van der Waals surface area contributed by atoms with Crippen LogP contribution in [-0.2, 0) is 0 Å². The van der Waals surface area contributed by atoms with Crippen LogP contribution in [0.15, 0.2) is 48.9 Å². The van der Waals surface area contributed by atoms with Crippen LogP contribution < -0.4 is 10.6 Å². The lowest BCUT2D eigenvalue weighted by molar-refractivity contribution is 0.0925. The van der Waals surface area contributed by atoms with Crippen LogP contribution in [-0.4, -0.2) is 34.9 Å². The third-order valence-electron chi connectivity index (χ3n) is 2.52. The van der Waals surface area contributed by atoms with Gasteiger partial charge in [-0.3, -0.25) is 19.6 Å². The van der Waals surface area contributed by atoms with Gasteiger partial charge >= 0.3 is 0 Å². The number of aromatic nitrogens is 2. The van der Waals surface area contributed by atoms with Gasteiger partial charge in [-0.1, -0.05) is 6.07 Å². The largest absolute Gasteiger partial charge is 0.350 e. The average Bonchev–Trinajstić information content (AvgIpc) is 2.53. The molecule has 102 valence electrons. The van der Waals surface area contributed by atoms with Gasteiger partial charge in [0, 0.05) is 31.7 Å². The van der Waals surface area contributed by atoms with Gasteiger partial charge in [-0.15, -0.1) is 0 Å². The molecule has 2 aromatic heterocycles. The van der Waals surface area contributed by atoms with Gasteiger partial charge in [0.25, 0.3) is 11.8 Å². The molecule has 2 N–H and O–H groups in total. The first-order valence-electron chi connectivity index (χ1n) is 6.15. The van der Waals surface area contributed by atoms with Crippen molar-refractivity contribution in [2.45, 2.75) is 0 Å². The maximum absolute atomic E-state index is 11.7. The third-order valence-corrected chi connectivity index (χ3v) is 2.52. The lowest BCUT2D eigenvalue weighted by Gasteiger charge is -2.06. The molecule has 0 fully saturated rings. The predicted octanol–water partition coefficient (Wildman–Crippen LogP) is 0.636. The first-order valence-corrected chi connectivity index (χ1v) is 6.15. The zero-order valence-corrected chi connectivity index (χ0v) is 10.7. The molecule has 2 amide bonds. The summed E-state index contributed by atoms with van der Waals surface area (Å²) in [6.07, 6.45) is 4.64. The fourth-order valence-electron chi connectivity index (χ4n) is 1.54. The molecule has 0 aliphatic heterocycles. The van der Waals surface area contributed by atoms with Gasteiger partial charge < -0.3 is 10.6 Å². The number of hydrogen-bond acceptors (Lipinski definition) is 4. The Hall–Kier alpha value is -2.76. The number of carbonyl (C=O) groups is 2. The van der Waals surface area contributed by atoms with Crippen molar-refractivity contribution >= 4 is 11.8 Å². The molecule has 2 heterocycles. The van der Waals surface area contributed by atoms with Crippen LogP contribution in [0, 0.1) is 0 Å². The molecule has 6 nitrogen and oxygen atoms in total. The Balaban J connectivity index is 1.72. The molecule has 2 aromatic rings. The van der Waals surface area contributed by atoms with Crippen molar-refractivity contribution in [2.75, 3.05) is 13.1 Å². The van der Waals surface area contributed by atoms with E-state index in [1.807, 2.05) is 0 Å². The van der Waals surface area contributed by atoms with Gasteiger partial charge in [-0.25, -0.2) is 0 Å². The van der Waals surface area contributed by atoms with Crippen molar-refractivity contribution in [2.24, 2.45) is 0 Å². The third kappa shape index (κ3) is 3.88. The first-order chi connectivity index (χ1) is 9.77. The minimum atomic E-state index is -0.263. The number of carbonyl (C=O) groups excluding carboxylic acids is 2. The molecule has 0 atom stereocenters. The summed E-state index contributed by atoms with van der Waals surface area (Å²) in [4.78, 5) is 31.1. The molecule has 0 aromatic carbocycles. The van der Waals surface area contributed by atoms with Crippen LogP contribution in [0.2, 0.25) is 0 Å². The Bertz CT molecular complexity index is 519. The molecule has 0 spiro atoms. The molecular weight excluding hydrogens is 256 g/mol. The summed E-state index contributed by atoms with van der Waals surface area (Å²) in [5.74, 6) is -0.480. The lowest BCUT2D eigenvalue weighted by atomic mass is 10.3. The maximum atomic E-state index is 11.7. The number of hydrogen-bond donors (Lipinski definition) is 2. The van der Waals surface area contributed by atoms with E-state index in [2.05, 4.69) is 20.6 Å². The standard InChI is InChI=1S/C14H14N4O2/c19-13(11-4-3-6-15-10-11)17-8-9-18-14(20)12-5-1-2-7-16-12/h1-7,10H,8-9H2,(H,17,19)(H,18,20). The van der Waals surface area contributed by atoms with E-state index in [9.17, 15) is 9.59 Å². The van der Waals surface area contributed by atoms with E-state index in [0.717, 1.165) is 0 Å². The van der Waals surface area contributed by atoms with Gasteiger partial charge in [-0.05, 0) is 24.3 Å². The van der Waals surface area contributed by atoms with E-state index in [0.29, 0.717) is 24.3 Å². The minimum absolute atomic E-state index is 0.217. The number of nitrogens with zero attached hydrogens (tertiary/aromatic N) is 2. The average molecular weight is 270 g/mol.